The predicted octanol–water partition coefficient (Wildman–Crippen LogP) is 2.69. The highest BCUT2D eigenvalue weighted by Crippen LogP contribution is 2.63. The molecular weight excluding hydrogens is 394 g/mol. The van der Waals surface area contributed by atoms with Crippen LogP contribution in [0.2, 0.25) is 0 Å². The first-order valence-corrected chi connectivity index (χ1v) is 11.3. The third kappa shape index (κ3) is 5.26. The topological polar surface area (TPSA) is 101 Å². The van der Waals surface area contributed by atoms with Gasteiger partial charge in [0, 0.05) is 38.5 Å². The van der Waals surface area contributed by atoms with Gasteiger partial charge < -0.3 is 20.5 Å². The van der Waals surface area contributed by atoms with E-state index in [1.807, 2.05) is 6.92 Å². The van der Waals surface area contributed by atoms with Crippen LogP contribution in [0.5, 0.6) is 0 Å². The number of hydrogen-bond donors (Lipinski definition) is 3. The first-order chi connectivity index (χ1) is 14.6. The number of rotatable bonds is 8. The van der Waals surface area contributed by atoms with Gasteiger partial charge in [0.1, 0.15) is 0 Å². The summed E-state index contributed by atoms with van der Waals surface area (Å²) in [7, 11) is 1.61. The summed E-state index contributed by atoms with van der Waals surface area (Å²) in [6.07, 6.45) is 7.29. The van der Waals surface area contributed by atoms with Gasteiger partial charge in [-0.1, -0.05) is 13.8 Å². The average Bonchev–Trinajstić information content (AvgIpc) is 2.93. The number of ether oxygens (including phenoxy) is 1. The van der Waals surface area contributed by atoms with Crippen LogP contribution in [0.25, 0.3) is 0 Å². The summed E-state index contributed by atoms with van der Waals surface area (Å²) >= 11 is 0. The van der Waals surface area contributed by atoms with Crippen LogP contribution in [0.1, 0.15) is 69.7 Å². The lowest BCUT2D eigenvalue weighted by molar-refractivity contribution is -0.123. The number of carbonyl (C=O) groups excluding carboxylic acids is 2. The molecule has 1 heterocycles. The Bertz CT molecular complexity index is 780. The Morgan fingerprint density at radius 3 is 2.71 bits per heavy atom. The average molecular weight is 432 g/mol. The molecule has 0 aliphatic heterocycles. The summed E-state index contributed by atoms with van der Waals surface area (Å²) in [6.45, 7) is 7.34. The van der Waals surface area contributed by atoms with Crippen LogP contribution in [-0.4, -0.2) is 53.8 Å². The lowest BCUT2D eigenvalue weighted by atomic mass is 9.57. The zero-order valence-corrected chi connectivity index (χ0v) is 19.2. The molecule has 0 saturated heterocycles. The molecule has 2 amide bonds. The summed E-state index contributed by atoms with van der Waals surface area (Å²) in [4.78, 5) is 29.5. The molecule has 4 atom stereocenters. The second-order valence-corrected chi connectivity index (χ2v) is 10.3. The number of pyridine rings is 1. The Morgan fingerprint density at radius 2 is 2.03 bits per heavy atom. The molecule has 0 spiro atoms. The van der Waals surface area contributed by atoms with Crippen LogP contribution >= 0.6 is 0 Å². The molecule has 172 valence electrons. The summed E-state index contributed by atoms with van der Waals surface area (Å²) in [5.41, 5.74) is -0.445. The van der Waals surface area contributed by atoms with Crippen molar-refractivity contribution in [1.29, 1.82) is 0 Å². The van der Waals surface area contributed by atoms with Crippen LogP contribution in [0.4, 0.5) is 0 Å². The highest BCUT2D eigenvalue weighted by atomic mass is 16.5. The maximum absolute atomic E-state index is 13.0. The number of hydrogen-bond acceptors (Lipinski definition) is 5. The minimum Gasteiger partial charge on any atom is -0.390 e. The Kier molecular flexibility index (Phi) is 7.06. The molecule has 3 rings (SSSR count). The van der Waals surface area contributed by atoms with Crippen LogP contribution in [-0.2, 0) is 9.53 Å². The molecule has 2 fully saturated rings. The number of nitrogens with one attached hydrogen (secondary N) is 2. The van der Waals surface area contributed by atoms with Crippen molar-refractivity contribution in [3.63, 3.8) is 0 Å². The molecule has 2 aliphatic rings. The monoisotopic (exact) mass is 431 g/mol. The maximum atomic E-state index is 13.0. The molecule has 7 heteroatoms. The number of fused-ring (bicyclic) bond motifs is 1. The quantitative estimate of drug-likeness (QED) is 0.550. The number of methoxy groups -OCH3 is 1. The second-order valence-electron chi connectivity index (χ2n) is 10.3. The van der Waals surface area contributed by atoms with Crippen molar-refractivity contribution in [3.05, 3.63) is 30.1 Å². The lowest BCUT2D eigenvalue weighted by Gasteiger charge is -2.50. The number of nitrogens with zero attached hydrogens (tertiary/aromatic N) is 1. The van der Waals surface area contributed by atoms with Crippen molar-refractivity contribution in [3.8, 4) is 0 Å². The largest absolute Gasteiger partial charge is 0.390 e. The minimum absolute atomic E-state index is 0.00421. The van der Waals surface area contributed by atoms with Gasteiger partial charge in [-0.15, -0.1) is 0 Å². The van der Waals surface area contributed by atoms with E-state index in [0.29, 0.717) is 44.4 Å². The Hall–Kier alpha value is -1.99. The van der Waals surface area contributed by atoms with Gasteiger partial charge in [-0.05, 0) is 67.9 Å². The third-order valence-corrected chi connectivity index (χ3v) is 7.51. The summed E-state index contributed by atoms with van der Waals surface area (Å²) < 4.78 is 5.01. The molecule has 3 N–H and O–H groups in total. The molecule has 1 aromatic heterocycles. The summed E-state index contributed by atoms with van der Waals surface area (Å²) in [5, 5.41) is 17.0. The van der Waals surface area contributed by atoms with Crippen molar-refractivity contribution in [1.82, 2.24) is 15.6 Å². The zero-order valence-electron chi connectivity index (χ0n) is 19.2. The van der Waals surface area contributed by atoms with E-state index in [0.717, 1.165) is 12.8 Å². The van der Waals surface area contributed by atoms with Crippen LogP contribution in [0.3, 0.4) is 0 Å². The Labute approximate surface area is 185 Å². The highest BCUT2D eigenvalue weighted by molar-refractivity contribution is 5.94. The fraction of sp³-hybridized carbons (Fsp3) is 0.708. The van der Waals surface area contributed by atoms with E-state index >= 15 is 0 Å². The molecule has 7 nitrogen and oxygen atoms in total. The number of aliphatic hydroxyl groups is 1. The second kappa shape index (κ2) is 9.25. The molecule has 2 saturated carbocycles. The molecular formula is C24H37N3O4. The van der Waals surface area contributed by atoms with Crippen LogP contribution in [0, 0.1) is 16.7 Å². The Morgan fingerprint density at radius 1 is 1.26 bits per heavy atom. The zero-order chi connectivity index (χ0) is 22.7. The first-order valence-electron chi connectivity index (χ1n) is 11.3. The SMILES string of the molecule is COCCNC(=O)CC[C@@]12CC[C@@](C)(O)C[C@H]1C(C)(C)C[C@@H]2NC(=O)c1cccnc1. The van der Waals surface area contributed by atoms with E-state index in [2.05, 4.69) is 29.5 Å². The lowest BCUT2D eigenvalue weighted by Crippen LogP contribution is -2.52. The van der Waals surface area contributed by atoms with Gasteiger partial charge in [-0.25, -0.2) is 0 Å². The van der Waals surface area contributed by atoms with Crippen molar-refractivity contribution in [2.24, 2.45) is 16.7 Å². The number of carbonyl (C=O) groups is 2. The van der Waals surface area contributed by atoms with Crippen LogP contribution < -0.4 is 10.6 Å². The molecule has 1 aromatic rings. The van der Waals surface area contributed by atoms with E-state index in [1.165, 1.54) is 0 Å². The van der Waals surface area contributed by atoms with Gasteiger partial charge >= 0.3 is 0 Å². The smallest absolute Gasteiger partial charge is 0.253 e. The van der Waals surface area contributed by atoms with Gasteiger partial charge in [-0.3, -0.25) is 14.6 Å². The minimum atomic E-state index is -0.714. The summed E-state index contributed by atoms with van der Waals surface area (Å²) in [5.74, 6) is 0.0927. The fourth-order valence-corrected chi connectivity index (χ4v) is 5.90. The predicted molar refractivity (Wildman–Crippen MR) is 118 cm³/mol. The van der Waals surface area contributed by atoms with Crippen molar-refractivity contribution in [2.75, 3.05) is 20.3 Å². The summed E-state index contributed by atoms with van der Waals surface area (Å²) in [6, 6.07) is 3.47. The van der Waals surface area contributed by atoms with E-state index < -0.39 is 5.60 Å². The normalized spacial score (nSPS) is 31.6. The Balaban J connectivity index is 1.82. The molecule has 2 aliphatic carbocycles. The van der Waals surface area contributed by atoms with Gasteiger partial charge in [0.15, 0.2) is 0 Å². The number of aromatic nitrogens is 1. The van der Waals surface area contributed by atoms with Crippen molar-refractivity contribution >= 4 is 11.8 Å². The highest BCUT2D eigenvalue weighted by Gasteiger charge is 2.61. The van der Waals surface area contributed by atoms with Gasteiger partial charge in [0.25, 0.3) is 5.91 Å². The van der Waals surface area contributed by atoms with Gasteiger partial charge in [0.05, 0.1) is 17.8 Å². The van der Waals surface area contributed by atoms with E-state index in [9.17, 15) is 14.7 Å². The fourth-order valence-electron chi connectivity index (χ4n) is 5.90. The maximum Gasteiger partial charge on any atom is 0.253 e. The molecule has 0 radical (unpaired) electrons. The first kappa shape index (κ1) is 23.7. The van der Waals surface area contributed by atoms with Gasteiger partial charge in [-0.2, -0.15) is 0 Å². The number of amides is 2. The van der Waals surface area contributed by atoms with Gasteiger partial charge in [0.2, 0.25) is 5.91 Å². The van der Waals surface area contributed by atoms with E-state index in [-0.39, 0.29) is 34.6 Å². The molecule has 0 aromatic carbocycles. The third-order valence-electron chi connectivity index (χ3n) is 7.51. The van der Waals surface area contributed by atoms with Crippen molar-refractivity contribution in [2.45, 2.75) is 70.9 Å². The standard InChI is InChI=1S/C24H37N3O4/c1-22(2)15-19(27-21(29)17-6-5-11-25-16-17)24(8-7-20(28)26-12-13-31-4)10-9-23(3,30)14-18(22)24/h5-6,11,16,18-19,30H,7-10,12-15H2,1-4H3,(H,26,28)(H,27,29)/t18-,19-,23+,24+/m0/s1. The molecule has 31 heavy (non-hydrogen) atoms. The molecule has 0 bridgehead atoms. The van der Waals surface area contributed by atoms with Crippen molar-refractivity contribution < 1.29 is 19.4 Å². The van der Waals surface area contributed by atoms with Crippen LogP contribution in [0.15, 0.2) is 24.5 Å². The van der Waals surface area contributed by atoms with E-state index in [1.54, 1.807) is 31.6 Å². The van der Waals surface area contributed by atoms with E-state index in [4.69, 9.17) is 4.74 Å². The molecule has 0 unspecified atom stereocenters.